The van der Waals surface area contributed by atoms with E-state index in [0.29, 0.717) is 5.88 Å². The first-order chi connectivity index (χ1) is 8.24. The molecule has 0 bridgehead atoms. The molecule has 0 fully saturated rings. The Bertz CT molecular complexity index is 491. The van der Waals surface area contributed by atoms with Crippen molar-refractivity contribution in [2.45, 2.75) is 26.8 Å². The third kappa shape index (κ3) is 2.58. The van der Waals surface area contributed by atoms with Gasteiger partial charge in [0, 0.05) is 22.2 Å². The molecule has 92 valence electrons. The van der Waals surface area contributed by atoms with Gasteiger partial charge in [-0.05, 0) is 24.9 Å². The normalized spacial score (nSPS) is 10.5. The van der Waals surface area contributed by atoms with E-state index in [-0.39, 0.29) is 0 Å². The van der Waals surface area contributed by atoms with Gasteiger partial charge in [-0.1, -0.05) is 6.92 Å². The lowest BCUT2D eigenvalue weighted by molar-refractivity contribution is 0.402. The van der Waals surface area contributed by atoms with Crippen LogP contribution in [0.4, 0.5) is 5.82 Å². The first kappa shape index (κ1) is 11.9. The van der Waals surface area contributed by atoms with Crippen molar-refractivity contribution in [3.63, 3.8) is 0 Å². The van der Waals surface area contributed by atoms with Gasteiger partial charge in [0.15, 0.2) is 5.82 Å². The second kappa shape index (κ2) is 5.18. The number of nitrogens with one attached hydrogen (secondary N) is 2. The number of anilines is 1. The molecule has 17 heavy (non-hydrogen) atoms. The van der Waals surface area contributed by atoms with Crippen LogP contribution in [0.3, 0.4) is 0 Å². The van der Waals surface area contributed by atoms with Crippen LogP contribution in [0.2, 0.25) is 0 Å². The van der Waals surface area contributed by atoms with Crippen molar-refractivity contribution in [2.75, 3.05) is 12.4 Å². The molecule has 2 N–H and O–H groups in total. The molecule has 2 rings (SSSR count). The van der Waals surface area contributed by atoms with E-state index < -0.39 is 0 Å². The maximum atomic E-state index is 5.05. The van der Waals surface area contributed by atoms with E-state index in [2.05, 4.69) is 26.8 Å². The molecule has 0 aliphatic rings. The van der Waals surface area contributed by atoms with Gasteiger partial charge in [-0.2, -0.15) is 9.47 Å². The lowest BCUT2D eigenvalue weighted by Crippen LogP contribution is -2.00. The molecule has 5 nitrogen and oxygen atoms in total. The van der Waals surface area contributed by atoms with Crippen LogP contribution in [0, 0.1) is 6.92 Å². The molecule has 0 aliphatic heterocycles. The average Bonchev–Trinajstić information content (AvgIpc) is 2.92. The Hall–Kier alpha value is -1.56. The van der Waals surface area contributed by atoms with Gasteiger partial charge in [0.05, 0.1) is 13.7 Å². The molecule has 0 saturated carbocycles. The first-order valence-electron chi connectivity index (χ1n) is 5.52. The highest BCUT2D eigenvalue weighted by atomic mass is 32.1. The minimum atomic E-state index is 0.667. The molecule has 0 amide bonds. The topological polar surface area (TPSA) is 62.8 Å². The number of aryl methyl sites for hydroxylation is 1. The molecule has 0 aromatic carbocycles. The fraction of sp³-hybridized carbons (Fsp3) is 0.455. The summed E-state index contributed by atoms with van der Waals surface area (Å²) in [6.07, 6.45) is 0.969. The summed E-state index contributed by atoms with van der Waals surface area (Å²) in [5, 5.41) is 10.5. The summed E-state index contributed by atoms with van der Waals surface area (Å²) in [5.41, 5.74) is 2.36. The van der Waals surface area contributed by atoms with Gasteiger partial charge in [-0.3, -0.25) is 5.10 Å². The maximum absolute atomic E-state index is 5.05. The van der Waals surface area contributed by atoms with E-state index in [1.807, 2.05) is 13.0 Å². The van der Waals surface area contributed by atoms with Crippen LogP contribution in [0.5, 0.6) is 5.88 Å². The highest BCUT2D eigenvalue weighted by Crippen LogP contribution is 2.20. The molecule has 0 spiro atoms. The number of aromatic nitrogens is 3. The quantitative estimate of drug-likeness (QED) is 0.857. The van der Waals surface area contributed by atoms with Crippen molar-refractivity contribution < 1.29 is 4.74 Å². The van der Waals surface area contributed by atoms with Crippen LogP contribution in [-0.2, 0) is 13.0 Å². The van der Waals surface area contributed by atoms with Crippen LogP contribution >= 0.6 is 11.5 Å². The Kier molecular flexibility index (Phi) is 3.63. The maximum Gasteiger partial charge on any atom is 0.225 e. The minimum Gasteiger partial charge on any atom is -0.480 e. The lowest BCUT2D eigenvalue weighted by atomic mass is 10.2. The summed E-state index contributed by atoms with van der Waals surface area (Å²) in [7, 11) is 1.62. The number of hydrogen-bond acceptors (Lipinski definition) is 5. The first-order valence-corrected chi connectivity index (χ1v) is 6.29. The second-order valence-electron chi connectivity index (χ2n) is 3.72. The predicted octanol–water partition coefficient (Wildman–Crippen LogP) is 2.36. The van der Waals surface area contributed by atoms with Crippen molar-refractivity contribution in [3.8, 4) is 5.88 Å². The van der Waals surface area contributed by atoms with Gasteiger partial charge in [0.1, 0.15) is 0 Å². The SMILES string of the molecule is CCc1c(NCc2cc(OC)ns2)n[nH]c1C. The Balaban J connectivity index is 2.01. The smallest absolute Gasteiger partial charge is 0.225 e. The Labute approximate surface area is 104 Å². The van der Waals surface area contributed by atoms with Crippen molar-refractivity contribution in [3.05, 3.63) is 22.2 Å². The number of methoxy groups -OCH3 is 1. The van der Waals surface area contributed by atoms with E-state index >= 15 is 0 Å². The molecule has 2 aromatic rings. The van der Waals surface area contributed by atoms with Gasteiger partial charge >= 0.3 is 0 Å². The van der Waals surface area contributed by atoms with Crippen LogP contribution in [0.25, 0.3) is 0 Å². The van der Waals surface area contributed by atoms with E-state index in [0.717, 1.165) is 29.4 Å². The standard InChI is InChI=1S/C11H16N4OS/c1-4-9-7(2)13-14-11(9)12-6-8-5-10(16-3)15-17-8/h5H,4,6H2,1-3H3,(H2,12,13,14). The number of aromatic amines is 1. The Morgan fingerprint density at radius 2 is 2.35 bits per heavy atom. The Morgan fingerprint density at radius 3 is 3.00 bits per heavy atom. The fourth-order valence-corrected chi connectivity index (χ4v) is 2.30. The number of hydrogen-bond donors (Lipinski definition) is 2. The molecule has 2 heterocycles. The molecule has 2 aromatic heterocycles. The molecule has 0 atom stereocenters. The van der Waals surface area contributed by atoms with Gasteiger partial charge in [-0.25, -0.2) is 0 Å². The van der Waals surface area contributed by atoms with Crippen LogP contribution < -0.4 is 10.1 Å². The van der Waals surface area contributed by atoms with Crippen LogP contribution in [0.1, 0.15) is 23.1 Å². The average molecular weight is 252 g/mol. The van der Waals surface area contributed by atoms with Gasteiger partial charge < -0.3 is 10.1 Å². The summed E-state index contributed by atoms with van der Waals surface area (Å²) in [4.78, 5) is 1.13. The number of H-pyrrole nitrogens is 1. The summed E-state index contributed by atoms with van der Waals surface area (Å²) < 4.78 is 9.19. The minimum absolute atomic E-state index is 0.667. The van der Waals surface area contributed by atoms with Crippen LogP contribution in [0.15, 0.2) is 6.07 Å². The van der Waals surface area contributed by atoms with E-state index in [1.165, 1.54) is 17.1 Å². The van der Waals surface area contributed by atoms with E-state index in [4.69, 9.17) is 4.74 Å². The zero-order valence-corrected chi connectivity index (χ0v) is 11.0. The number of rotatable bonds is 5. The molecule has 0 aliphatic carbocycles. The fourth-order valence-electron chi connectivity index (χ4n) is 1.68. The van der Waals surface area contributed by atoms with Crippen molar-refractivity contribution >= 4 is 17.4 Å². The zero-order valence-electron chi connectivity index (χ0n) is 10.2. The molecular formula is C11H16N4OS. The van der Waals surface area contributed by atoms with Crippen molar-refractivity contribution in [1.82, 2.24) is 14.6 Å². The predicted molar refractivity (Wildman–Crippen MR) is 68.7 cm³/mol. The highest BCUT2D eigenvalue weighted by molar-refractivity contribution is 7.05. The zero-order chi connectivity index (χ0) is 12.3. The summed E-state index contributed by atoms with van der Waals surface area (Å²) in [6.45, 7) is 4.88. The second-order valence-corrected chi connectivity index (χ2v) is 4.61. The lowest BCUT2D eigenvalue weighted by Gasteiger charge is -2.02. The molecule has 0 unspecified atom stereocenters. The third-order valence-electron chi connectivity index (χ3n) is 2.60. The molecule has 6 heteroatoms. The Morgan fingerprint density at radius 1 is 1.53 bits per heavy atom. The molecule has 0 radical (unpaired) electrons. The van der Waals surface area contributed by atoms with Gasteiger partial charge in [0.25, 0.3) is 0 Å². The summed E-state index contributed by atoms with van der Waals surface area (Å²) in [5.74, 6) is 1.60. The monoisotopic (exact) mass is 252 g/mol. The number of nitrogens with zero attached hydrogens (tertiary/aromatic N) is 2. The van der Waals surface area contributed by atoms with Crippen molar-refractivity contribution in [1.29, 1.82) is 0 Å². The van der Waals surface area contributed by atoms with Gasteiger partial charge in [0.2, 0.25) is 5.88 Å². The van der Waals surface area contributed by atoms with Crippen molar-refractivity contribution in [2.24, 2.45) is 0 Å². The highest BCUT2D eigenvalue weighted by Gasteiger charge is 2.08. The summed E-state index contributed by atoms with van der Waals surface area (Å²) in [6, 6.07) is 1.93. The van der Waals surface area contributed by atoms with E-state index in [9.17, 15) is 0 Å². The number of ether oxygens (including phenoxy) is 1. The van der Waals surface area contributed by atoms with Gasteiger partial charge in [-0.15, -0.1) is 0 Å². The van der Waals surface area contributed by atoms with Crippen LogP contribution in [-0.4, -0.2) is 21.7 Å². The third-order valence-corrected chi connectivity index (χ3v) is 3.37. The summed E-state index contributed by atoms with van der Waals surface area (Å²) >= 11 is 1.44. The molecular weight excluding hydrogens is 236 g/mol. The largest absolute Gasteiger partial charge is 0.480 e. The molecule has 0 saturated heterocycles. The van der Waals surface area contributed by atoms with E-state index in [1.54, 1.807) is 7.11 Å².